The van der Waals surface area contributed by atoms with Gasteiger partial charge >= 0.3 is 0 Å². The number of hydrogen-bond acceptors (Lipinski definition) is 3. The normalized spacial score (nSPS) is 10.8. The minimum atomic E-state index is -0.416. The number of fused-ring (bicyclic) bond motifs is 1. The number of carbonyl (C=O) groups is 1. The van der Waals surface area contributed by atoms with Gasteiger partial charge in [0, 0.05) is 22.3 Å². The molecule has 1 aromatic heterocycles. The maximum Gasteiger partial charge on any atom is 0.276 e. The molecule has 0 radical (unpaired) electrons. The lowest BCUT2D eigenvalue weighted by molar-refractivity contribution is 0.102. The van der Waals surface area contributed by atoms with Gasteiger partial charge in [0.2, 0.25) is 0 Å². The third-order valence-electron chi connectivity index (χ3n) is 3.32. The first-order valence-electron chi connectivity index (χ1n) is 6.36. The van der Waals surface area contributed by atoms with Gasteiger partial charge in [0.25, 0.3) is 5.91 Å². The summed E-state index contributed by atoms with van der Waals surface area (Å²) >= 11 is 0. The second-order valence-corrected chi connectivity index (χ2v) is 4.74. The molecule has 3 rings (SSSR count). The van der Waals surface area contributed by atoms with Crippen molar-refractivity contribution in [3.8, 4) is 0 Å². The van der Waals surface area contributed by atoms with Crippen molar-refractivity contribution in [2.75, 3.05) is 11.1 Å². The molecule has 1 amide bonds. The minimum Gasteiger partial charge on any atom is -0.399 e. The lowest BCUT2D eigenvalue weighted by Gasteiger charge is -2.07. The number of aromatic nitrogens is 2. The Morgan fingerprint density at radius 1 is 1.33 bits per heavy atom. The molecule has 0 saturated heterocycles. The topological polar surface area (TPSA) is 83.8 Å². The van der Waals surface area contributed by atoms with E-state index in [-0.39, 0.29) is 11.5 Å². The van der Waals surface area contributed by atoms with E-state index in [0.717, 1.165) is 0 Å². The summed E-state index contributed by atoms with van der Waals surface area (Å²) in [5, 5.41) is 10.1. The van der Waals surface area contributed by atoms with Crippen molar-refractivity contribution in [1.82, 2.24) is 10.2 Å². The molecule has 0 fully saturated rings. The number of carbonyl (C=O) groups excluding carboxylic acids is 1. The molecular weight excluding hydrogens is 271 g/mol. The predicted octanol–water partition coefficient (Wildman–Crippen LogP) is 2.84. The number of aromatic amines is 1. The number of hydrogen-bond donors (Lipinski definition) is 3. The Bertz CT molecular complexity index is 841. The van der Waals surface area contributed by atoms with Crippen LogP contribution >= 0.6 is 0 Å². The van der Waals surface area contributed by atoms with E-state index in [2.05, 4.69) is 15.5 Å². The summed E-state index contributed by atoms with van der Waals surface area (Å²) in [6.45, 7) is 1.60. The fourth-order valence-electron chi connectivity index (χ4n) is 2.13. The average Bonchev–Trinajstić information content (AvgIpc) is 2.87. The van der Waals surface area contributed by atoms with Gasteiger partial charge in [0.15, 0.2) is 5.69 Å². The van der Waals surface area contributed by atoms with Crippen LogP contribution in [0.2, 0.25) is 0 Å². The summed E-state index contributed by atoms with van der Waals surface area (Å²) in [4.78, 5) is 12.3. The van der Waals surface area contributed by atoms with E-state index >= 15 is 0 Å². The Morgan fingerprint density at radius 2 is 2.14 bits per heavy atom. The zero-order chi connectivity index (χ0) is 15.0. The van der Waals surface area contributed by atoms with Gasteiger partial charge < -0.3 is 11.1 Å². The maximum atomic E-state index is 13.5. The number of H-pyrrole nitrogens is 1. The van der Waals surface area contributed by atoms with Gasteiger partial charge in [-0.15, -0.1) is 0 Å². The number of rotatable bonds is 2. The minimum absolute atomic E-state index is 0.223. The van der Waals surface area contributed by atoms with E-state index in [9.17, 15) is 9.18 Å². The third kappa shape index (κ3) is 2.31. The summed E-state index contributed by atoms with van der Waals surface area (Å²) in [6.07, 6.45) is 0. The van der Waals surface area contributed by atoms with Crippen molar-refractivity contribution in [2.24, 2.45) is 0 Å². The van der Waals surface area contributed by atoms with Crippen LogP contribution in [-0.2, 0) is 0 Å². The molecule has 0 aliphatic rings. The Morgan fingerprint density at radius 3 is 2.95 bits per heavy atom. The molecule has 0 spiro atoms. The van der Waals surface area contributed by atoms with Crippen LogP contribution in [0.5, 0.6) is 0 Å². The molecule has 4 N–H and O–H groups in total. The monoisotopic (exact) mass is 284 g/mol. The van der Waals surface area contributed by atoms with Crippen molar-refractivity contribution in [1.29, 1.82) is 0 Å². The number of benzene rings is 2. The highest BCUT2D eigenvalue weighted by Gasteiger charge is 2.16. The fraction of sp³-hybridized carbons (Fsp3) is 0.0667. The fourth-order valence-corrected chi connectivity index (χ4v) is 2.13. The molecule has 0 aliphatic heterocycles. The first-order valence-corrected chi connectivity index (χ1v) is 6.36. The number of halogens is 1. The second kappa shape index (κ2) is 4.90. The SMILES string of the molecule is Cc1c(F)cccc1NC(=O)c1n[nH]c2ccc(N)cc12. The zero-order valence-electron chi connectivity index (χ0n) is 11.3. The summed E-state index contributed by atoms with van der Waals surface area (Å²) in [5.41, 5.74) is 8.00. The van der Waals surface area contributed by atoms with E-state index in [4.69, 9.17) is 5.73 Å². The molecule has 0 atom stereocenters. The second-order valence-electron chi connectivity index (χ2n) is 4.74. The van der Waals surface area contributed by atoms with Crippen molar-refractivity contribution in [2.45, 2.75) is 6.92 Å². The van der Waals surface area contributed by atoms with E-state index in [1.165, 1.54) is 6.07 Å². The van der Waals surface area contributed by atoms with Crippen LogP contribution in [0, 0.1) is 12.7 Å². The first kappa shape index (κ1) is 13.1. The number of anilines is 2. The highest BCUT2D eigenvalue weighted by Crippen LogP contribution is 2.22. The Labute approximate surface area is 120 Å². The van der Waals surface area contributed by atoms with Crippen molar-refractivity contribution >= 4 is 28.2 Å². The number of nitrogens with zero attached hydrogens (tertiary/aromatic N) is 1. The van der Waals surface area contributed by atoms with Crippen molar-refractivity contribution in [3.05, 3.63) is 53.5 Å². The number of nitrogen functional groups attached to an aromatic ring is 1. The lowest BCUT2D eigenvalue weighted by atomic mass is 10.1. The van der Waals surface area contributed by atoms with Gasteiger partial charge in [-0.2, -0.15) is 5.10 Å². The van der Waals surface area contributed by atoms with Gasteiger partial charge in [-0.1, -0.05) is 6.07 Å². The molecule has 0 bridgehead atoms. The van der Waals surface area contributed by atoms with Crippen LogP contribution in [0.15, 0.2) is 36.4 Å². The van der Waals surface area contributed by atoms with E-state index in [0.29, 0.717) is 27.8 Å². The first-order chi connectivity index (χ1) is 10.1. The maximum absolute atomic E-state index is 13.5. The van der Waals surface area contributed by atoms with Crippen molar-refractivity contribution < 1.29 is 9.18 Å². The summed E-state index contributed by atoms with van der Waals surface area (Å²) in [5.74, 6) is -0.788. The van der Waals surface area contributed by atoms with Crippen LogP contribution in [0.3, 0.4) is 0 Å². The van der Waals surface area contributed by atoms with Gasteiger partial charge in [0.1, 0.15) is 5.82 Å². The summed E-state index contributed by atoms with van der Waals surface area (Å²) in [6, 6.07) is 9.67. The molecule has 1 heterocycles. The van der Waals surface area contributed by atoms with Crippen LogP contribution < -0.4 is 11.1 Å². The number of nitrogens with two attached hydrogens (primary N) is 1. The quantitative estimate of drug-likeness (QED) is 0.633. The smallest absolute Gasteiger partial charge is 0.276 e. The Balaban J connectivity index is 1.97. The molecule has 0 unspecified atom stereocenters. The van der Waals surface area contributed by atoms with Crippen LogP contribution in [0.1, 0.15) is 16.1 Å². The molecular formula is C15H13FN4O. The molecule has 21 heavy (non-hydrogen) atoms. The van der Waals surface area contributed by atoms with E-state index in [1.807, 2.05) is 0 Å². The van der Waals surface area contributed by atoms with E-state index < -0.39 is 5.91 Å². The number of nitrogens with one attached hydrogen (secondary N) is 2. The van der Waals surface area contributed by atoms with Crippen LogP contribution in [-0.4, -0.2) is 16.1 Å². The largest absolute Gasteiger partial charge is 0.399 e. The molecule has 2 aromatic carbocycles. The molecule has 0 aliphatic carbocycles. The lowest BCUT2D eigenvalue weighted by Crippen LogP contribution is -2.14. The van der Waals surface area contributed by atoms with E-state index in [1.54, 1.807) is 37.3 Å². The number of amides is 1. The molecule has 3 aromatic rings. The highest BCUT2D eigenvalue weighted by molar-refractivity contribution is 6.11. The Kier molecular flexibility index (Phi) is 3.06. The molecule has 6 heteroatoms. The van der Waals surface area contributed by atoms with Gasteiger partial charge in [0.05, 0.1) is 5.52 Å². The van der Waals surface area contributed by atoms with Crippen LogP contribution in [0.4, 0.5) is 15.8 Å². The average molecular weight is 284 g/mol. The van der Waals surface area contributed by atoms with Crippen molar-refractivity contribution in [3.63, 3.8) is 0 Å². The standard InChI is InChI=1S/C15H13FN4O/c1-8-11(16)3-2-4-12(8)18-15(21)14-10-7-9(17)5-6-13(10)19-20-14/h2-7H,17H2,1H3,(H,18,21)(H,19,20). The molecule has 0 saturated carbocycles. The predicted molar refractivity (Wildman–Crippen MR) is 79.6 cm³/mol. The highest BCUT2D eigenvalue weighted by atomic mass is 19.1. The van der Waals surface area contributed by atoms with Crippen LogP contribution in [0.25, 0.3) is 10.9 Å². The van der Waals surface area contributed by atoms with Gasteiger partial charge in [-0.3, -0.25) is 9.89 Å². The molecule has 106 valence electrons. The Hall–Kier alpha value is -2.89. The summed E-state index contributed by atoms with van der Waals surface area (Å²) in [7, 11) is 0. The van der Waals surface area contributed by atoms with Gasteiger partial charge in [-0.05, 0) is 37.3 Å². The summed E-state index contributed by atoms with van der Waals surface area (Å²) < 4.78 is 13.5. The zero-order valence-corrected chi connectivity index (χ0v) is 11.3. The van der Waals surface area contributed by atoms with Gasteiger partial charge in [-0.25, -0.2) is 4.39 Å². The third-order valence-corrected chi connectivity index (χ3v) is 3.32. The molecule has 5 nitrogen and oxygen atoms in total.